The Balaban J connectivity index is 1.40. The van der Waals surface area contributed by atoms with Crippen LogP contribution >= 0.6 is 0 Å². The second-order valence-electron chi connectivity index (χ2n) is 7.69. The van der Waals surface area contributed by atoms with E-state index in [2.05, 4.69) is 10.1 Å². The fourth-order valence-corrected chi connectivity index (χ4v) is 4.25. The third kappa shape index (κ3) is 3.87. The average Bonchev–Trinajstić information content (AvgIpc) is 3.58. The number of allylic oxidation sites excluding steroid dienone is 1. The zero-order chi connectivity index (χ0) is 21.9. The number of pyridine rings is 1. The van der Waals surface area contributed by atoms with Crippen molar-refractivity contribution in [2.45, 2.75) is 25.3 Å². The third-order valence-corrected chi connectivity index (χ3v) is 5.68. The van der Waals surface area contributed by atoms with E-state index in [1.807, 2.05) is 24.3 Å². The summed E-state index contributed by atoms with van der Waals surface area (Å²) in [5, 5.41) is 6.09. The standard InChI is InChI=1S/C24H21N3O5/c28-21(15-32-24(29)17-6-2-10-25-14-17)27-23(20-9-4-12-31-20)19-8-1-5-16(22(19)26-27)13-18-7-3-11-30-18/h2-4,6-7,9-14,19,23H,1,5,8,15H2/b16-13-. The number of nitrogens with zero attached hydrogens (tertiary/aromatic N) is 3. The molecule has 4 heterocycles. The van der Waals surface area contributed by atoms with Crippen LogP contribution in [0.2, 0.25) is 0 Å². The lowest BCUT2D eigenvalue weighted by Crippen LogP contribution is -2.34. The fraction of sp³-hybridized carbons (Fsp3) is 0.250. The summed E-state index contributed by atoms with van der Waals surface area (Å²) in [5.41, 5.74) is 2.17. The first-order chi connectivity index (χ1) is 15.7. The number of carbonyl (C=O) groups is 2. The van der Waals surface area contributed by atoms with Crippen molar-refractivity contribution in [1.82, 2.24) is 9.99 Å². The molecule has 0 N–H and O–H groups in total. The van der Waals surface area contributed by atoms with Crippen molar-refractivity contribution in [3.05, 3.63) is 84.0 Å². The number of hydrogen-bond donors (Lipinski definition) is 0. The molecule has 1 amide bonds. The van der Waals surface area contributed by atoms with Gasteiger partial charge >= 0.3 is 5.97 Å². The molecule has 8 nitrogen and oxygen atoms in total. The number of fused-ring (bicyclic) bond motifs is 1. The maximum atomic E-state index is 13.1. The molecular weight excluding hydrogens is 410 g/mol. The first-order valence-electron chi connectivity index (χ1n) is 10.5. The third-order valence-electron chi connectivity index (χ3n) is 5.68. The zero-order valence-electron chi connectivity index (χ0n) is 17.2. The van der Waals surface area contributed by atoms with Gasteiger partial charge in [0.2, 0.25) is 0 Å². The van der Waals surface area contributed by atoms with Gasteiger partial charge in [-0.1, -0.05) is 0 Å². The molecule has 2 aliphatic rings. The van der Waals surface area contributed by atoms with Gasteiger partial charge in [-0.15, -0.1) is 0 Å². The van der Waals surface area contributed by atoms with Crippen LogP contribution < -0.4 is 0 Å². The van der Waals surface area contributed by atoms with Crippen molar-refractivity contribution in [2.75, 3.05) is 6.61 Å². The highest BCUT2D eigenvalue weighted by atomic mass is 16.5. The monoisotopic (exact) mass is 431 g/mol. The molecule has 0 aromatic carbocycles. The molecule has 3 aromatic heterocycles. The lowest BCUT2D eigenvalue weighted by molar-refractivity contribution is -0.137. The first-order valence-corrected chi connectivity index (χ1v) is 10.5. The van der Waals surface area contributed by atoms with E-state index in [1.165, 1.54) is 11.2 Å². The van der Waals surface area contributed by atoms with Crippen LogP contribution in [0.1, 0.15) is 47.2 Å². The van der Waals surface area contributed by atoms with Crippen LogP contribution in [0.15, 0.2) is 80.8 Å². The largest absolute Gasteiger partial charge is 0.467 e. The molecule has 8 heteroatoms. The predicted molar refractivity (Wildman–Crippen MR) is 114 cm³/mol. The van der Waals surface area contributed by atoms with Gasteiger partial charge in [0.1, 0.15) is 17.6 Å². The molecule has 0 bridgehead atoms. The molecule has 162 valence electrons. The molecular formula is C24H21N3O5. The first kappa shape index (κ1) is 20.0. The maximum absolute atomic E-state index is 13.1. The number of hydrogen-bond acceptors (Lipinski definition) is 7. The van der Waals surface area contributed by atoms with E-state index in [0.717, 1.165) is 36.3 Å². The summed E-state index contributed by atoms with van der Waals surface area (Å²) in [6.07, 6.45) is 10.8. The van der Waals surface area contributed by atoms with Crippen LogP contribution in [0.3, 0.4) is 0 Å². The molecule has 32 heavy (non-hydrogen) atoms. The lowest BCUT2D eigenvalue weighted by atomic mass is 9.79. The molecule has 1 aliphatic heterocycles. The molecule has 2 atom stereocenters. The summed E-state index contributed by atoms with van der Waals surface area (Å²) >= 11 is 0. The van der Waals surface area contributed by atoms with Crippen molar-refractivity contribution < 1.29 is 23.2 Å². The topological polar surface area (TPSA) is 98.1 Å². The molecule has 1 aliphatic carbocycles. The Kier molecular flexibility index (Phi) is 5.41. The highest BCUT2D eigenvalue weighted by Gasteiger charge is 2.45. The number of aromatic nitrogens is 1. The summed E-state index contributed by atoms with van der Waals surface area (Å²) in [5.74, 6) is 0.369. The van der Waals surface area contributed by atoms with E-state index in [4.69, 9.17) is 13.6 Å². The van der Waals surface area contributed by atoms with E-state index < -0.39 is 18.5 Å². The van der Waals surface area contributed by atoms with Crippen molar-refractivity contribution >= 4 is 23.7 Å². The van der Waals surface area contributed by atoms with Crippen molar-refractivity contribution in [1.29, 1.82) is 0 Å². The van der Waals surface area contributed by atoms with E-state index >= 15 is 0 Å². The zero-order valence-corrected chi connectivity index (χ0v) is 17.2. The van der Waals surface area contributed by atoms with Gasteiger partial charge in [0.25, 0.3) is 5.91 Å². The number of carbonyl (C=O) groups excluding carboxylic acids is 2. The minimum Gasteiger partial charge on any atom is -0.467 e. The summed E-state index contributed by atoms with van der Waals surface area (Å²) in [4.78, 5) is 29.2. The highest BCUT2D eigenvalue weighted by Crippen LogP contribution is 2.44. The molecule has 0 spiro atoms. The molecule has 5 rings (SSSR count). The van der Waals surface area contributed by atoms with Crippen LogP contribution in [0, 0.1) is 5.92 Å². The molecule has 3 aromatic rings. The summed E-state index contributed by atoms with van der Waals surface area (Å²) in [6.45, 7) is -0.425. The van der Waals surface area contributed by atoms with Crippen LogP contribution in [-0.2, 0) is 9.53 Å². The molecule has 1 saturated carbocycles. The van der Waals surface area contributed by atoms with Crippen LogP contribution in [0.5, 0.6) is 0 Å². The van der Waals surface area contributed by atoms with Crippen LogP contribution in [0.25, 0.3) is 6.08 Å². The Morgan fingerprint density at radius 1 is 1.16 bits per heavy atom. The van der Waals surface area contributed by atoms with Crippen LogP contribution in [0.4, 0.5) is 0 Å². The van der Waals surface area contributed by atoms with Crippen molar-refractivity contribution in [3.63, 3.8) is 0 Å². The Morgan fingerprint density at radius 2 is 2.03 bits per heavy atom. The quantitative estimate of drug-likeness (QED) is 0.560. The number of ether oxygens (including phenoxy) is 1. The summed E-state index contributed by atoms with van der Waals surface area (Å²) < 4.78 is 16.4. The van der Waals surface area contributed by atoms with Gasteiger partial charge in [-0.05, 0) is 67.3 Å². The van der Waals surface area contributed by atoms with Crippen molar-refractivity contribution in [2.24, 2.45) is 11.0 Å². The highest BCUT2D eigenvalue weighted by molar-refractivity contribution is 6.08. The number of esters is 1. The van der Waals surface area contributed by atoms with Gasteiger partial charge in [0.15, 0.2) is 6.61 Å². The van der Waals surface area contributed by atoms with Gasteiger partial charge in [-0.3, -0.25) is 9.78 Å². The van der Waals surface area contributed by atoms with E-state index in [0.29, 0.717) is 5.76 Å². The second kappa shape index (κ2) is 8.66. The van der Waals surface area contributed by atoms with E-state index in [9.17, 15) is 9.59 Å². The fourth-order valence-electron chi connectivity index (χ4n) is 4.25. The van der Waals surface area contributed by atoms with E-state index in [-0.39, 0.29) is 17.5 Å². The second-order valence-corrected chi connectivity index (χ2v) is 7.69. The van der Waals surface area contributed by atoms with Gasteiger partial charge in [-0.25, -0.2) is 9.80 Å². The molecule has 0 saturated heterocycles. The van der Waals surface area contributed by atoms with Gasteiger partial charge in [-0.2, -0.15) is 5.10 Å². The summed E-state index contributed by atoms with van der Waals surface area (Å²) in [7, 11) is 0. The number of rotatable bonds is 5. The Bertz CT molecular complexity index is 1150. The number of hydrazone groups is 1. The van der Waals surface area contributed by atoms with Gasteiger partial charge < -0.3 is 13.6 Å². The SMILES string of the molecule is O=C(OCC(=O)N1N=C2/C(=C\c3ccco3)CCCC2C1c1ccco1)c1cccnc1. The van der Waals surface area contributed by atoms with Crippen molar-refractivity contribution in [3.8, 4) is 0 Å². The van der Waals surface area contributed by atoms with Gasteiger partial charge in [0, 0.05) is 18.3 Å². The van der Waals surface area contributed by atoms with Gasteiger partial charge in [0.05, 0.1) is 23.8 Å². The number of amides is 1. The Morgan fingerprint density at radius 3 is 2.78 bits per heavy atom. The minimum atomic E-state index is -0.608. The normalized spacial score (nSPS) is 21.3. The van der Waals surface area contributed by atoms with E-state index in [1.54, 1.807) is 36.9 Å². The molecule has 2 unspecified atom stereocenters. The lowest BCUT2D eigenvalue weighted by Gasteiger charge is -2.27. The summed E-state index contributed by atoms with van der Waals surface area (Å²) in [6, 6.07) is 10.2. The predicted octanol–water partition coefficient (Wildman–Crippen LogP) is 4.25. The maximum Gasteiger partial charge on any atom is 0.340 e. The molecule has 1 fully saturated rings. The molecule has 0 radical (unpaired) electrons. The minimum absolute atomic E-state index is 0.00547. The average molecular weight is 431 g/mol. The Labute approximate surface area is 184 Å². The van der Waals surface area contributed by atoms with Crippen LogP contribution in [-0.4, -0.2) is 34.2 Å². The Hall–Kier alpha value is -3.94. The smallest absolute Gasteiger partial charge is 0.340 e. The number of furan rings is 2.